The van der Waals surface area contributed by atoms with Gasteiger partial charge in [0.2, 0.25) is 0 Å². The van der Waals surface area contributed by atoms with Crippen molar-refractivity contribution in [3.63, 3.8) is 0 Å². The van der Waals surface area contributed by atoms with Crippen molar-refractivity contribution in [1.82, 2.24) is 0 Å². The number of carboxylic acid groups (broad SMARTS) is 1. The minimum atomic E-state index is -1.11. The summed E-state index contributed by atoms with van der Waals surface area (Å²) in [5.74, 6) is -1.10. The number of carboxylic acids is 1. The third-order valence-corrected chi connectivity index (χ3v) is 7.35. The Bertz CT molecular complexity index is 1960. The molecular formula is C39H42N4O8. The molecule has 4 aromatic carbocycles. The highest BCUT2D eigenvalue weighted by atomic mass is 16.6. The van der Waals surface area contributed by atoms with Crippen LogP contribution in [0.1, 0.15) is 69.8 Å². The fourth-order valence-electron chi connectivity index (χ4n) is 5.15. The maximum absolute atomic E-state index is 13.3. The average Bonchev–Trinajstić information content (AvgIpc) is 3.02. The van der Waals surface area contributed by atoms with Gasteiger partial charge in [0.25, 0.3) is 0 Å². The molecule has 0 spiro atoms. The van der Waals surface area contributed by atoms with Crippen LogP contribution in [0.4, 0.5) is 31.4 Å². The van der Waals surface area contributed by atoms with Gasteiger partial charge in [-0.25, -0.2) is 19.2 Å². The molecule has 0 saturated carbocycles. The van der Waals surface area contributed by atoms with Crippen LogP contribution in [-0.4, -0.2) is 47.2 Å². The van der Waals surface area contributed by atoms with E-state index in [1.54, 1.807) is 120 Å². The second-order valence-electron chi connectivity index (χ2n) is 13.8. The van der Waals surface area contributed by atoms with E-state index in [1.807, 2.05) is 13.0 Å². The van der Waals surface area contributed by atoms with Crippen molar-refractivity contribution in [3.8, 4) is 6.07 Å². The number of ether oxygens (including phenoxy) is 3. The number of imide groups is 1. The number of fused-ring (bicyclic) bond motifs is 1. The number of aliphatic carboxylic acids is 1. The first-order valence-electron chi connectivity index (χ1n) is 16.3. The molecule has 0 saturated heterocycles. The molecule has 4 rings (SSSR count). The largest absolute Gasteiger partial charge is 0.479 e. The Morgan fingerprint density at radius 2 is 1.51 bits per heavy atom. The maximum Gasteiger partial charge on any atom is 0.424 e. The molecule has 0 bridgehead atoms. The van der Waals surface area contributed by atoms with E-state index in [4.69, 9.17) is 19.5 Å². The number of carbonyl (C=O) groups is 4. The Hall–Kier alpha value is -6.09. The molecule has 0 heterocycles. The lowest BCUT2D eigenvalue weighted by atomic mass is 9.98. The molecule has 3 amide bonds. The summed E-state index contributed by atoms with van der Waals surface area (Å²) >= 11 is 0. The van der Waals surface area contributed by atoms with Crippen molar-refractivity contribution >= 4 is 52.1 Å². The standard InChI is InChI=1S/C39H42N4O8/c1-24-20-28(15-14-26(24)18-19-49-35(46)42-29-12-8-10-25(21-29)23-40)33(34(44)45)41-30-16-17-31-27(22-30)11-9-13-32(31)43(36(47)50-38(2,3)4)37(48)51-39(5,6)7/h8-17,20-22,33,41H,18-19H2,1-7H3,(H,42,46)(H,44,45). The summed E-state index contributed by atoms with van der Waals surface area (Å²) in [5.41, 5.74) is 2.05. The smallest absolute Gasteiger partial charge is 0.424 e. The number of hydrogen-bond donors (Lipinski definition) is 3. The number of benzene rings is 4. The van der Waals surface area contributed by atoms with E-state index in [-0.39, 0.29) is 12.3 Å². The molecular weight excluding hydrogens is 652 g/mol. The Balaban J connectivity index is 1.51. The van der Waals surface area contributed by atoms with Gasteiger partial charge in [0, 0.05) is 23.2 Å². The van der Waals surface area contributed by atoms with Crippen molar-refractivity contribution in [1.29, 1.82) is 5.26 Å². The van der Waals surface area contributed by atoms with Crippen molar-refractivity contribution in [2.45, 2.75) is 72.1 Å². The Kier molecular flexibility index (Phi) is 11.6. The normalized spacial score (nSPS) is 11.9. The third kappa shape index (κ3) is 10.4. The first-order chi connectivity index (χ1) is 23.9. The fourth-order valence-corrected chi connectivity index (χ4v) is 5.15. The average molecular weight is 695 g/mol. The second kappa shape index (κ2) is 15.6. The van der Waals surface area contributed by atoms with Crippen LogP contribution in [0.25, 0.3) is 10.8 Å². The molecule has 0 aliphatic rings. The minimum Gasteiger partial charge on any atom is -0.479 e. The SMILES string of the molecule is Cc1cc(C(Nc2ccc3c(N(C(=O)OC(C)(C)C)C(=O)OC(C)(C)C)cccc3c2)C(=O)O)ccc1CCOC(=O)Nc1cccc(C#N)c1. The lowest BCUT2D eigenvalue weighted by molar-refractivity contribution is -0.138. The van der Waals surface area contributed by atoms with E-state index in [1.165, 1.54) is 0 Å². The van der Waals surface area contributed by atoms with Crippen LogP contribution in [0.5, 0.6) is 0 Å². The van der Waals surface area contributed by atoms with Crippen molar-refractivity contribution in [3.05, 3.63) is 101 Å². The van der Waals surface area contributed by atoms with Gasteiger partial charge in [0.15, 0.2) is 6.04 Å². The van der Waals surface area contributed by atoms with Gasteiger partial charge in [-0.3, -0.25) is 5.32 Å². The quantitative estimate of drug-likeness (QED) is 0.144. The topological polar surface area (TPSA) is 167 Å². The van der Waals surface area contributed by atoms with Crippen LogP contribution >= 0.6 is 0 Å². The van der Waals surface area contributed by atoms with Crippen molar-refractivity contribution in [2.75, 3.05) is 22.1 Å². The molecule has 51 heavy (non-hydrogen) atoms. The molecule has 4 aromatic rings. The lowest BCUT2D eigenvalue weighted by Gasteiger charge is -2.29. The second-order valence-corrected chi connectivity index (χ2v) is 13.8. The van der Waals surface area contributed by atoms with Gasteiger partial charge in [-0.15, -0.1) is 0 Å². The maximum atomic E-state index is 13.3. The molecule has 12 nitrogen and oxygen atoms in total. The van der Waals surface area contributed by atoms with E-state index < -0.39 is 41.5 Å². The molecule has 0 fully saturated rings. The van der Waals surface area contributed by atoms with Gasteiger partial charge in [-0.05, 0) is 107 Å². The molecule has 0 aromatic heterocycles. The summed E-state index contributed by atoms with van der Waals surface area (Å²) < 4.78 is 16.4. The van der Waals surface area contributed by atoms with Crippen molar-refractivity contribution < 1.29 is 38.5 Å². The zero-order valence-corrected chi connectivity index (χ0v) is 29.7. The summed E-state index contributed by atoms with van der Waals surface area (Å²) in [6.07, 6.45) is -2.04. The van der Waals surface area contributed by atoms with Crippen LogP contribution < -0.4 is 15.5 Å². The molecule has 1 atom stereocenters. The summed E-state index contributed by atoms with van der Waals surface area (Å²) in [6, 6.07) is 22.8. The van der Waals surface area contributed by atoms with Gasteiger partial charge in [0.05, 0.1) is 23.9 Å². The van der Waals surface area contributed by atoms with Crippen LogP contribution in [0, 0.1) is 18.3 Å². The number of anilines is 3. The summed E-state index contributed by atoms with van der Waals surface area (Å²) in [6.45, 7) is 12.1. The first kappa shape index (κ1) is 37.7. The molecule has 0 radical (unpaired) electrons. The fraction of sp³-hybridized carbons (Fsp3) is 0.308. The Morgan fingerprint density at radius 3 is 2.12 bits per heavy atom. The van der Waals surface area contributed by atoms with Crippen LogP contribution in [0.3, 0.4) is 0 Å². The highest BCUT2D eigenvalue weighted by molar-refractivity contribution is 6.15. The predicted octanol–water partition coefficient (Wildman–Crippen LogP) is 8.73. The summed E-state index contributed by atoms with van der Waals surface area (Å²) in [5, 5.41) is 26.1. The van der Waals surface area contributed by atoms with Crippen LogP contribution in [-0.2, 0) is 25.4 Å². The predicted molar refractivity (Wildman–Crippen MR) is 194 cm³/mol. The number of nitrogens with one attached hydrogen (secondary N) is 2. The van der Waals surface area contributed by atoms with Gasteiger partial charge in [0.1, 0.15) is 11.2 Å². The highest BCUT2D eigenvalue weighted by Crippen LogP contribution is 2.33. The van der Waals surface area contributed by atoms with Crippen molar-refractivity contribution in [2.24, 2.45) is 0 Å². The zero-order valence-electron chi connectivity index (χ0n) is 29.7. The molecule has 0 aliphatic heterocycles. The van der Waals surface area contributed by atoms with Gasteiger partial charge in [-0.1, -0.05) is 42.5 Å². The highest BCUT2D eigenvalue weighted by Gasteiger charge is 2.33. The number of hydrogen-bond acceptors (Lipinski definition) is 9. The van der Waals surface area contributed by atoms with Gasteiger partial charge < -0.3 is 24.6 Å². The molecule has 266 valence electrons. The van der Waals surface area contributed by atoms with Gasteiger partial charge >= 0.3 is 24.2 Å². The molecule has 1 unspecified atom stereocenters. The number of carbonyl (C=O) groups excluding carboxylic acids is 3. The molecule has 3 N–H and O–H groups in total. The third-order valence-electron chi connectivity index (χ3n) is 7.35. The van der Waals surface area contributed by atoms with E-state index in [9.17, 15) is 24.3 Å². The monoisotopic (exact) mass is 694 g/mol. The van der Waals surface area contributed by atoms with Crippen LogP contribution in [0.2, 0.25) is 0 Å². The van der Waals surface area contributed by atoms with E-state index >= 15 is 0 Å². The van der Waals surface area contributed by atoms with E-state index in [2.05, 4.69) is 10.6 Å². The lowest BCUT2D eigenvalue weighted by Crippen LogP contribution is -2.43. The molecule has 0 aliphatic carbocycles. The molecule has 12 heteroatoms. The number of amides is 3. The first-order valence-corrected chi connectivity index (χ1v) is 16.3. The van der Waals surface area contributed by atoms with Crippen LogP contribution in [0.15, 0.2) is 78.9 Å². The van der Waals surface area contributed by atoms with E-state index in [0.717, 1.165) is 16.0 Å². The number of nitriles is 1. The number of nitrogens with zero attached hydrogens (tertiary/aromatic N) is 2. The summed E-state index contributed by atoms with van der Waals surface area (Å²) in [7, 11) is 0. The zero-order chi connectivity index (χ0) is 37.5. The Labute approximate surface area is 296 Å². The number of aryl methyl sites for hydroxylation is 1. The van der Waals surface area contributed by atoms with Gasteiger partial charge in [-0.2, -0.15) is 10.2 Å². The summed E-state index contributed by atoms with van der Waals surface area (Å²) in [4.78, 5) is 52.2. The Morgan fingerprint density at radius 1 is 0.843 bits per heavy atom. The minimum absolute atomic E-state index is 0.0862. The van der Waals surface area contributed by atoms with E-state index in [0.29, 0.717) is 39.7 Å². The number of rotatable bonds is 9.